The molecule has 0 heterocycles. The van der Waals surface area contributed by atoms with Crippen molar-refractivity contribution in [1.82, 2.24) is 0 Å². The van der Waals surface area contributed by atoms with Crippen molar-refractivity contribution in [3.8, 4) is 5.75 Å². The number of rotatable bonds is 7. The molecule has 0 aliphatic heterocycles. The Hall–Kier alpha value is -0.740. The van der Waals surface area contributed by atoms with Gasteiger partial charge in [-0.25, -0.2) is 8.42 Å². The molecule has 18 heavy (non-hydrogen) atoms. The van der Waals surface area contributed by atoms with E-state index < -0.39 is 9.05 Å². The first kappa shape index (κ1) is 15.3. The van der Waals surface area contributed by atoms with Crippen LogP contribution in [0.15, 0.2) is 23.1 Å². The third kappa shape index (κ3) is 4.86. The number of hydrogen-bond acceptors (Lipinski definition) is 3. The highest BCUT2D eigenvalue weighted by Crippen LogP contribution is 2.24. The molecule has 0 aromatic heterocycles. The molecule has 0 N–H and O–H groups in total. The van der Waals surface area contributed by atoms with E-state index >= 15 is 0 Å². The number of aryl methyl sites for hydroxylation is 1. The molecule has 1 rings (SSSR count). The van der Waals surface area contributed by atoms with E-state index in [1.807, 2.05) is 6.92 Å². The standard InChI is InChI=1S/C13H19ClO3S/c1-3-4-5-6-9-17-13-8-7-12(10-11(13)2)18(14,15)16/h7-8,10H,3-6,9H2,1-2H3. The summed E-state index contributed by atoms with van der Waals surface area (Å²) in [6.07, 6.45) is 4.58. The molecule has 1 aromatic rings. The molecule has 0 fully saturated rings. The summed E-state index contributed by atoms with van der Waals surface area (Å²) < 4.78 is 27.9. The molecule has 0 saturated heterocycles. The number of halogens is 1. The number of unbranched alkanes of at least 4 members (excludes halogenated alkanes) is 3. The van der Waals surface area contributed by atoms with E-state index in [1.165, 1.54) is 25.0 Å². The van der Waals surface area contributed by atoms with Gasteiger partial charge in [-0.3, -0.25) is 0 Å². The van der Waals surface area contributed by atoms with Gasteiger partial charge in [0.1, 0.15) is 5.75 Å². The van der Waals surface area contributed by atoms with E-state index in [1.54, 1.807) is 6.07 Å². The summed E-state index contributed by atoms with van der Waals surface area (Å²) in [5, 5.41) is 0. The van der Waals surface area contributed by atoms with Crippen molar-refractivity contribution in [1.29, 1.82) is 0 Å². The Balaban J connectivity index is 2.58. The van der Waals surface area contributed by atoms with Crippen molar-refractivity contribution in [2.24, 2.45) is 0 Å². The molecule has 0 unspecified atom stereocenters. The van der Waals surface area contributed by atoms with Crippen LogP contribution in [0.3, 0.4) is 0 Å². The van der Waals surface area contributed by atoms with Gasteiger partial charge in [0.2, 0.25) is 0 Å². The molecule has 0 bridgehead atoms. The summed E-state index contributed by atoms with van der Waals surface area (Å²) in [7, 11) is 1.62. The second kappa shape index (κ2) is 7.00. The Bertz CT molecular complexity index is 483. The highest BCUT2D eigenvalue weighted by atomic mass is 35.7. The van der Waals surface area contributed by atoms with Crippen molar-refractivity contribution in [3.63, 3.8) is 0 Å². The Morgan fingerprint density at radius 1 is 1.22 bits per heavy atom. The number of ether oxygens (including phenoxy) is 1. The first-order chi connectivity index (χ1) is 8.45. The number of hydrogen-bond donors (Lipinski definition) is 0. The van der Waals surface area contributed by atoms with Crippen LogP contribution in [0.2, 0.25) is 0 Å². The molecule has 0 amide bonds. The predicted molar refractivity (Wildman–Crippen MR) is 73.9 cm³/mol. The van der Waals surface area contributed by atoms with Crippen LogP contribution in [-0.2, 0) is 9.05 Å². The first-order valence-corrected chi connectivity index (χ1v) is 8.44. The minimum Gasteiger partial charge on any atom is -0.493 e. The smallest absolute Gasteiger partial charge is 0.261 e. The third-order valence-electron chi connectivity index (χ3n) is 2.68. The van der Waals surface area contributed by atoms with Crippen LogP contribution in [0.4, 0.5) is 0 Å². The van der Waals surface area contributed by atoms with E-state index in [4.69, 9.17) is 15.4 Å². The maximum atomic E-state index is 11.2. The van der Waals surface area contributed by atoms with Crippen LogP contribution in [-0.4, -0.2) is 15.0 Å². The van der Waals surface area contributed by atoms with E-state index in [0.29, 0.717) is 6.61 Å². The second-order valence-electron chi connectivity index (χ2n) is 4.27. The van der Waals surface area contributed by atoms with Crippen LogP contribution in [0.25, 0.3) is 0 Å². The summed E-state index contributed by atoms with van der Waals surface area (Å²) in [5.74, 6) is 0.718. The van der Waals surface area contributed by atoms with Crippen molar-refractivity contribution in [2.45, 2.75) is 44.4 Å². The summed E-state index contributed by atoms with van der Waals surface area (Å²) in [4.78, 5) is 0.111. The zero-order valence-electron chi connectivity index (χ0n) is 10.8. The summed E-state index contributed by atoms with van der Waals surface area (Å²) >= 11 is 0. The van der Waals surface area contributed by atoms with Gasteiger partial charge in [0.05, 0.1) is 11.5 Å². The zero-order valence-corrected chi connectivity index (χ0v) is 12.4. The minimum absolute atomic E-state index is 0.111. The highest BCUT2D eigenvalue weighted by molar-refractivity contribution is 8.13. The molecule has 0 radical (unpaired) electrons. The van der Waals surface area contributed by atoms with Gasteiger partial charge in [-0.15, -0.1) is 0 Å². The Kier molecular flexibility index (Phi) is 5.96. The van der Waals surface area contributed by atoms with Crippen LogP contribution >= 0.6 is 10.7 Å². The average Bonchev–Trinajstić information content (AvgIpc) is 2.29. The van der Waals surface area contributed by atoms with Gasteiger partial charge in [0.15, 0.2) is 0 Å². The van der Waals surface area contributed by atoms with Crippen LogP contribution in [0, 0.1) is 6.92 Å². The third-order valence-corrected chi connectivity index (χ3v) is 4.03. The van der Waals surface area contributed by atoms with E-state index in [0.717, 1.165) is 24.2 Å². The van der Waals surface area contributed by atoms with Crippen molar-refractivity contribution in [3.05, 3.63) is 23.8 Å². The predicted octanol–water partition coefficient (Wildman–Crippen LogP) is 3.88. The molecule has 0 aliphatic carbocycles. The van der Waals surface area contributed by atoms with Gasteiger partial charge in [0.25, 0.3) is 9.05 Å². The molecule has 3 nitrogen and oxygen atoms in total. The maximum Gasteiger partial charge on any atom is 0.261 e. The van der Waals surface area contributed by atoms with E-state index in [-0.39, 0.29) is 4.90 Å². The van der Waals surface area contributed by atoms with Crippen LogP contribution in [0.1, 0.15) is 38.2 Å². The molecule has 0 atom stereocenters. The average molecular weight is 291 g/mol. The van der Waals surface area contributed by atoms with Gasteiger partial charge in [-0.05, 0) is 37.1 Å². The lowest BCUT2D eigenvalue weighted by molar-refractivity contribution is 0.303. The topological polar surface area (TPSA) is 43.4 Å². The molecule has 5 heteroatoms. The largest absolute Gasteiger partial charge is 0.493 e. The van der Waals surface area contributed by atoms with Crippen molar-refractivity contribution >= 4 is 19.7 Å². The van der Waals surface area contributed by atoms with E-state index in [9.17, 15) is 8.42 Å². The van der Waals surface area contributed by atoms with Crippen molar-refractivity contribution in [2.75, 3.05) is 6.61 Å². The van der Waals surface area contributed by atoms with Crippen LogP contribution < -0.4 is 4.74 Å². The fourth-order valence-corrected chi connectivity index (χ4v) is 2.48. The zero-order chi connectivity index (χ0) is 13.6. The van der Waals surface area contributed by atoms with Gasteiger partial charge in [0, 0.05) is 10.7 Å². The van der Waals surface area contributed by atoms with Gasteiger partial charge in [-0.2, -0.15) is 0 Å². The molecule has 0 saturated carbocycles. The fourth-order valence-electron chi connectivity index (χ4n) is 1.65. The highest BCUT2D eigenvalue weighted by Gasteiger charge is 2.11. The Morgan fingerprint density at radius 3 is 2.50 bits per heavy atom. The molecular weight excluding hydrogens is 272 g/mol. The Labute approximate surface area is 114 Å². The monoisotopic (exact) mass is 290 g/mol. The first-order valence-electron chi connectivity index (χ1n) is 6.13. The molecular formula is C13H19ClO3S. The molecule has 102 valence electrons. The van der Waals surface area contributed by atoms with Gasteiger partial charge >= 0.3 is 0 Å². The summed E-state index contributed by atoms with van der Waals surface area (Å²) in [6, 6.07) is 4.66. The normalized spacial score (nSPS) is 11.5. The van der Waals surface area contributed by atoms with Crippen LogP contribution in [0.5, 0.6) is 5.75 Å². The lowest BCUT2D eigenvalue weighted by Gasteiger charge is -2.09. The molecule has 0 aliphatic rings. The molecule has 0 spiro atoms. The quantitative estimate of drug-likeness (QED) is 0.565. The van der Waals surface area contributed by atoms with Crippen molar-refractivity contribution < 1.29 is 13.2 Å². The lowest BCUT2D eigenvalue weighted by atomic mass is 10.2. The fraction of sp³-hybridized carbons (Fsp3) is 0.538. The molecule has 1 aromatic carbocycles. The second-order valence-corrected chi connectivity index (χ2v) is 6.84. The summed E-state index contributed by atoms with van der Waals surface area (Å²) in [5.41, 5.74) is 0.784. The Morgan fingerprint density at radius 2 is 1.94 bits per heavy atom. The SMILES string of the molecule is CCCCCCOc1ccc(S(=O)(=O)Cl)cc1C. The summed E-state index contributed by atoms with van der Waals surface area (Å²) in [6.45, 7) is 4.64. The number of benzene rings is 1. The minimum atomic E-state index is -3.66. The maximum absolute atomic E-state index is 11.2. The lowest BCUT2D eigenvalue weighted by Crippen LogP contribution is -2.00. The van der Waals surface area contributed by atoms with E-state index in [2.05, 4.69) is 6.92 Å². The van der Waals surface area contributed by atoms with Gasteiger partial charge in [-0.1, -0.05) is 26.2 Å². The van der Waals surface area contributed by atoms with Gasteiger partial charge < -0.3 is 4.74 Å².